The van der Waals surface area contributed by atoms with E-state index in [2.05, 4.69) is 11.2 Å². The molecule has 0 spiro atoms. The fourth-order valence-electron chi connectivity index (χ4n) is 1.06. The number of halogens is 1. The summed E-state index contributed by atoms with van der Waals surface area (Å²) in [5.41, 5.74) is 0.927. The molecule has 0 aliphatic heterocycles. The van der Waals surface area contributed by atoms with E-state index in [0.29, 0.717) is 18.0 Å². The molecule has 0 atom stereocenters. The molecule has 1 amide bonds. The molecule has 0 aliphatic rings. The van der Waals surface area contributed by atoms with Crippen molar-refractivity contribution in [3.63, 3.8) is 0 Å². The van der Waals surface area contributed by atoms with Crippen molar-refractivity contribution in [2.24, 2.45) is 0 Å². The molecule has 0 heterocycles. The van der Waals surface area contributed by atoms with Crippen LogP contribution in [0.2, 0.25) is 5.02 Å². The van der Waals surface area contributed by atoms with Crippen LogP contribution in [0.4, 0.5) is 0 Å². The van der Waals surface area contributed by atoms with Crippen LogP contribution in [0.1, 0.15) is 12.0 Å². The summed E-state index contributed by atoms with van der Waals surface area (Å²) in [6.45, 7) is 0.500. The van der Waals surface area contributed by atoms with E-state index in [0.717, 1.165) is 5.56 Å². The molecule has 0 unspecified atom stereocenters. The summed E-state index contributed by atoms with van der Waals surface area (Å²) in [7, 11) is 0. The van der Waals surface area contributed by atoms with Crippen LogP contribution in [0.3, 0.4) is 0 Å². The molecule has 1 aromatic rings. The van der Waals surface area contributed by atoms with Gasteiger partial charge in [0.05, 0.1) is 0 Å². The summed E-state index contributed by atoms with van der Waals surface area (Å²) in [4.78, 5) is 11.3. The van der Waals surface area contributed by atoms with Gasteiger partial charge in [-0.1, -0.05) is 23.7 Å². The molecule has 1 N–H and O–H groups in total. The van der Waals surface area contributed by atoms with Gasteiger partial charge in [-0.25, -0.2) is 0 Å². The van der Waals surface area contributed by atoms with Gasteiger partial charge in [-0.3, -0.25) is 4.79 Å². The van der Waals surface area contributed by atoms with Gasteiger partial charge >= 0.3 is 0 Å². The molecule has 82 valence electrons. The predicted molar refractivity (Wildman–Crippen MR) is 66.9 cm³/mol. The average molecular weight is 234 g/mol. The third-order valence-corrected chi connectivity index (χ3v) is 2.12. The van der Waals surface area contributed by atoms with E-state index in [1.165, 1.54) is 6.08 Å². The minimum Gasteiger partial charge on any atom is -0.352 e. The minimum absolute atomic E-state index is 0.148. The molecule has 1 rings (SSSR count). The lowest BCUT2D eigenvalue weighted by Gasteiger charge is -1.97. The summed E-state index contributed by atoms with van der Waals surface area (Å²) in [6, 6.07) is 7.23. The van der Waals surface area contributed by atoms with Gasteiger partial charge in [0, 0.05) is 24.1 Å². The molecule has 0 fully saturated rings. The number of benzene rings is 1. The standard InChI is InChI=1S/C13H12ClNO/c1-2-3-10-15-13(16)9-6-11-4-7-12(14)8-5-11/h1,4-9H,3,10H2,(H,15,16). The topological polar surface area (TPSA) is 29.1 Å². The fourth-order valence-corrected chi connectivity index (χ4v) is 1.19. The Bertz CT molecular complexity index is 415. The molecule has 0 saturated heterocycles. The van der Waals surface area contributed by atoms with Gasteiger partial charge in [0.2, 0.25) is 5.91 Å². The number of hydrogen-bond acceptors (Lipinski definition) is 1. The summed E-state index contributed by atoms with van der Waals surface area (Å²) < 4.78 is 0. The Kier molecular flexibility index (Phi) is 5.18. The van der Waals surface area contributed by atoms with Crippen molar-refractivity contribution < 1.29 is 4.79 Å². The van der Waals surface area contributed by atoms with E-state index in [9.17, 15) is 4.79 Å². The molecular weight excluding hydrogens is 222 g/mol. The van der Waals surface area contributed by atoms with Crippen LogP contribution in [0, 0.1) is 12.3 Å². The maximum absolute atomic E-state index is 11.3. The number of terminal acetylenes is 1. The molecule has 1 aromatic carbocycles. The lowest BCUT2D eigenvalue weighted by atomic mass is 10.2. The van der Waals surface area contributed by atoms with Crippen LogP contribution in [0.5, 0.6) is 0 Å². The van der Waals surface area contributed by atoms with Crippen molar-refractivity contribution in [2.75, 3.05) is 6.54 Å². The number of amides is 1. The van der Waals surface area contributed by atoms with Crippen molar-refractivity contribution in [1.29, 1.82) is 0 Å². The highest BCUT2D eigenvalue weighted by Gasteiger charge is 1.93. The van der Waals surface area contributed by atoms with E-state index >= 15 is 0 Å². The molecule has 0 aliphatic carbocycles. The number of nitrogens with one attached hydrogen (secondary N) is 1. The van der Waals surface area contributed by atoms with E-state index in [-0.39, 0.29) is 5.91 Å². The monoisotopic (exact) mass is 233 g/mol. The maximum atomic E-state index is 11.3. The first-order valence-electron chi connectivity index (χ1n) is 4.87. The molecule has 3 heteroatoms. The van der Waals surface area contributed by atoms with Crippen LogP contribution in [-0.2, 0) is 4.79 Å². The lowest BCUT2D eigenvalue weighted by molar-refractivity contribution is -0.116. The molecule has 16 heavy (non-hydrogen) atoms. The van der Waals surface area contributed by atoms with E-state index in [1.54, 1.807) is 18.2 Å². The quantitative estimate of drug-likeness (QED) is 0.483. The van der Waals surface area contributed by atoms with E-state index in [1.807, 2.05) is 12.1 Å². The Labute approximate surface area is 100 Å². The summed E-state index contributed by atoms with van der Waals surface area (Å²) >= 11 is 5.74. The molecule has 0 bridgehead atoms. The van der Waals surface area contributed by atoms with Crippen LogP contribution < -0.4 is 5.32 Å². The van der Waals surface area contributed by atoms with Crippen molar-refractivity contribution in [3.8, 4) is 12.3 Å². The first kappa shape index (κ1) is 12.4. The maximum Gasteiger partial charge on any atom is 0.244 e. The molecular formula is C13H12ClNO. The van der Waals surface area contributed by atoms with Gasteiger partial charge in [0.25, 0.3) is 0 Å². The minimum atomic E-state index is -0.148. The van der Waals surface area contributed by atoms with Gasteiger partial charge in [0.1, 0.15) is 0 Å². The Morgan fingerprint density at radius 3 is 2.75 bits per heavy atom. The summed E-state index contributed by atoms with van der Waals surface area (Å²) in [5, 5.41) is 3.35. The molecule has 2 nitrogen and oxygen atoms in total. The van der Waals surface area contributed by atoms with Gasteiger partial charge in [-0.05, 0) is 23.8 Å². The first-order valence-corrected chi connectivity index (χ1v) is 5.25. The first-order chi connectivity index (χ1) is 7.72. The smallest absolute Gasteiger partial charge is 0.244 e. The Morgan fingerprint density at radius 1 is 1.44 bits per heavy atom. The van der Waals surface area contributed by atoms with E-state index in [4.69, 9.17) is 18.0 Å². The number of carbonyl (C=O) groups is 1. The van der Waals surface area contributed by atoms with Crippen molar-refractivity contribution >= 4 is 23.6 Å². The van der Waals surface area contributed by atoms with Crippen LogP contribution in [0.25, 0.3) is 6.08 Å². The molecule has 0 saturated carbocycles. The van der Waals surface area contributed by atoms with Gasteiger partial charge in [-0.15, -0.1) is 12.3 Å². The average Bonchev–Trinajstić information content (AvgIpc) is 2.29. The number of hydrogen-bond donors (Lipinski definition) is 1. The summed E-state index contributed by atoms with van der Waals surface area (Å²) in [5.74, 6) is 2.30. The third-order valence-electron chi connectivity index (χ3n) is 1.87. The van der Waals surface area contributed by atoms with Gasteiger partial charge in [0.15, 0.2) is 0 Å². The number of carbonyl (C=O) groups excluding carboxylic acids is 1. The number of rotatable bonds is 4. The van der Waals surface area contributed by atoms with Crippen molar-refractivity contribution in [3.05, 3.63) is 40.9 Å². The normalized spacial score (nSPS) is 10.0. The van der Waals surface area contributed by atoms with Crippen molar-refractivity contribution in [2.45, 2.75) is 6.42 Å². The Hall–Kier alpha value is -1.72. The largest absolute Gasteiger partial charge is 0.352 e. The predicted octanol–water partition coefficient (Wildman–Crippen LogP) is 2.49. The second kappa shape index (κ2) is 6.71. The second-order valence-electron chi connectivity index (χ2n) is 3.13. The van der Waals surface area contributed by atoms with Crippen LogP contribution >= 0.6 is 11.6 Å². The lowest BCUT2D eigenvalue weighted by Crippen LogP contribution is -2.21. The highest BCUT2D eigenvalue weighted by Crippen LogP contribution is 2.10. The van der Waals surface area contributed by atoms with Crippen LogP contribution in [0.15, 0.2) is 30.3 Å². The van der Waals surface area contributed by atoms with Crippen LogP contribution in [-0.4, -0.2) is 12.5 Å². The molecule has 0 aromatic heterocycles. The second-order valence-corrected chi connectivity index (χ2v) is 3.57. The third kappa shape index (κ3) is 4.68. The summed E-state index contributed by atoms with van der Waals surface area (Å²) in [6.07, 6.45) is 8.80. The Balaban J connectivity index is 2.44. The van der Waals surface area contributed by atoms with Crippen molar-refractivity contribution in [1.82, 2.24) is 5.32 Å². The zero-order valence-electron chi connectivity index (χ0n) is 8.74. The van der Waals surface area contributed by atoms with Gasteiger partial charge < -0.3 is 5.32 Å². The van der Waals surface area contributed by atoms with E-state index < -0.39 is 0 Å². The zero-order valence-corrected chi connectivity index (χ0v) is 9.50. The Morgan fingerprint density at radius 2 is 2.12 bits per heavy atom. The zero-order chi connectivity index (χ0) is 11.8. The van der Waals surface area contributed by atoms with Gasteiger partial charge in [-0.2, -0.15) is 0 Å². The highest BCUT2D eigenvalue weighted by molar-refractivity contribution is 6.30. The fraction of sp³-hybridized carbons (Fsp3) is 0.154. The highest BCUT2D eigenvalue weighted by atomic mass is 35.5. The molecule has 0 radical (unpaired) electrons. The SMILES string of the molecule is C#CCCNC(=O)C=Cc1ccc(Cl)cc1.